The van der Waals surface area contributed by atoms with Crippen LogP contribution in [-0.2, 0) is 0 Å². The average Bonchev–Trinajstić information content (AvgIpc) is 2.14. The molecule has 0 aliphatic rings. The molecular formula is C10H13ClF3NO2. The SMILES string of the molecule is COc1cccc(O)c1[C@H](N)CC(F)(F)F.Cl. The molecule has 0 radical (unpaired) electrons. The first-order chi connectivity index (χ1) is 7.35. The monoisotopic (exact) mass is 271 g/mol. The van der Waals surface area contributed by atoms with E-state index in [-0.39, 0.29) is 29.5 Å². The van der Waals surface area contributed by atoms with Crippen LogP contribution in [0.5, 0.6) is 11.5 Å². The second kappa shape index (κ2) is 5.97. The van der Waals surface area contributed by atoms with Crippen LogP contribution in [0.15, 0.2) is 18.2 Å². The van der Waals surface area contributed by atoms with E-state index in [9.17, 15) is 18.3 Å². The molecule has 0 saturated heterocycles. The minimum absolute atomic E-state index is 0. The Hall–Kier alpha value is -1.14. The Morgan fingerprint density at radius 2 is 2.00 bits per heavy atom. The zero-order valence-electron chi connectivity index (χ0n) is 8.99. The highest BCUT2D eigenvalue weighted by Gasteiger charge is 2.33. The van der Waals surface area contributed by atoms with Gasteiger partial charge in [0.15, 0.2) is 0 Å². The largest absolute Gasteiger partial charge is 0.507 e. The first-order valence-corrected chi connectivity index (χ1v) is 4.53. The van der Waals surface area contributed by atoms with E-state index >= 15 is 0 Å². The molecule has 98 valence electrons. The van der Waals surface area contributed by atoms with Crippen LogP contribution in [0.3, 0.4) is 0 Å². The summed E-state index contributed by atoms with van der Waals surface area (Å²) in [6.45, 7) is 0. The molecular weight excluding hydrogens is 259 g/mol. The molecule has 0 aliphatic carbocycles. The van der Waals surface area contributed by atoms with Crippen LogP contribution in [0.2, 0.25) is 0 Å². The topological polar surface area (TPSA) is 55.5 Å². The second-order valence-corrected chi connectivity index (χ2v) is 3.32. The van der Waals surface area contributed by atoms with Gasteiger partial charge in [-0.2, -0.15) is 13.2 Å². The summed E-state index contributed by atoms with van der Waals surface area (Å²) in [6, 6.07) is 2.85. The van der Waals surface area contributed by atoms with Crippen molar-refractivity contribution in [3.63, 3.8) is 0 Å². The highest BCUT2D eigenvalue weighted by atomic mass is 35.5. The van der Waals surface area contributed by atoms with Gasteiger partial charge in [0, 0.05) is 6.04 Å². The van der Waals surface area contributed by atoms with E-state index < -0.39 is 18.6 Å². The van der Waals surface area contributed by atoms with E-state index in [4.69, 9.17) is 10.5 Å². The first-order valence-electron chi connectivity index (χ1n) is 4.53. The Bertz CT molecular complexity index is 371. The van der Waals surface area contributed by atoms with Crippen molar-refractivity contribution >= 4 is 12.4 Å². The normalized spacial score (nSPS) is 12.8. The molecule has 0 amide bonds. The molecule has 0 spiro atoms. The molecule has 7 heteroatoms. The molecule has 0 fully saturated rings. The number of hydrogen-bond donors (Lipinski definition) is 2. The molecule has 0 bridgehead atoms. The third kappa shape index (κ3) is 4.32. The number of phenolic OH excluding ortho intramolecular Hbond substituents is 1. The Morgan fingerprint density at radius 1 is 1.41 bits per heavy atom. The highest BCUT2D eigenvalue weighted by Crippen LogP contribution is 2.37. The molecule has 3 N–H and O–H groups in total. The number of alkyl halides is 3. The van der Waals surface area contributed by atoms with Crippen LogP contribution in [0.4, 0.5) is 13.2 Å². The van der Waals surface area contributed by atoms with Gasteiger partial charge in [-0.15, -0.1) is 12.4 Å². The smallest absolute Gasteiger partial charge is 0.390 e. The van der Waals surface area contributed by atoms with Gasteiger partial charge in [0.25, 0.3) is 0 Å². The zero-order chi connectivity index (χ0) is 12.3. The van der Waals surface area contributed by atoms with Gasteiger partial charge in [-0.05, 0) is 12.1 Å². The van der Waals surface area contributed by atoms with Crippen LogP contribution >= 0.6 is 12.4 Å². The molecule has 1 atom stereocenters. The maximum absolute atomic E-state index is 12.2. The maximum Gasteiger partial charge on any atom is 0.390 e. The standard InChI is InChI=1S/C10H12F3NO2.ClH/c1-16-8-4-2-3-7(15)9(8)6(14)5-10(11,12)13;/h2-4,6,15H,5,14H2,1H3;1H/t6-;/m1./s1. The number of hydrogen-bond acceptors (Lipinski definition) is 3. The van der Waals surface area contributed by atoms with Gasteiger partial charge in [0.05, 0.1) is 19.1 Å². The van der Waals surface area contributed by atoms with Crippen LogP contribution in [-0.4, -0.2) is 18.4 Å². The van der Waals surface area contributed by atoms with Gasteiger partial charge in [0.1, 0.15) is 11.5 Å². The van der Waals surface area contributed by atoms with Crippen LogP contribution in [0.1, 0.15) is 18.0 Å². The lowest BCUT2D eigenvalue weighted by molar-refractivity contribution is -0.138. The van der Waals surface area contributed by atoms with Gasteiger partial charge < -0.3 is 15.6 Å². The van der Waals surface area contributed by atoms with Crippen molar-refractivity contribution in [2.45, 2.75) is 18.6 Å². The number of methoxy groups -OCH3 is 1. The Labute approximate surface area is 103 Å². The number of ether oxygens (including phenoxy) is 1. The number of phenols is 1. The highest BCUT2D eigenvalue weighted by molar-refractivity contribution is 5.85. The summed E-state index contributed by atoms with van der Waals surface area (Å²) in [7, 11) is 1.30. The fourth-order valence-electron chi connectivity index (χ4n) is 1.43. The van der Waals surface area contributed by atoms with Crippen molar-refractivity contribution < 1.29 is 23.0 Å². The summed E-state index contributed by atoms with van der Waals surface area (Å²) in [6.07, 6.45) is -5.59. The van der Waals surface area contributed by atoms with Crippen molar-refractivity contribution in [3.05, 3.63) is 23.8 Å². The predicted octanol–water partition coefficient (Wildman–Crippen LogP) is 2.77. The van der Waals surface area contributed by atoms with E-state index in [2.05, 4.69) is 0 Å². The predicted molar refractivity (Wildman–Crippen MR) is 59.5 cm³/mol. The molecule has 17 heavy (non-hydrogen) atoms. The van der Waals surface area contributed by atoms with Crippen LogP contribution in [0.25, 0.3) is 0 Å². The molecule has 0 saturated carbocycles. The quantitative estimate of drug-likeness (QED) is 0.889. The third-order valence-electron chi connectivity index (χ3n) is 2.09. The summed E-state index contributed by atoms with van der Waals surface area (Å²) in [5, 5.41) is 9.46. The van der Waals surface area contributed by atoms with Crippen LogP contribution in [0, 0.1) is 0 Å². The fraction of sp³-hybridized carbons (Fsp3) is 0.400. The lowest BCUT2D eigenvalue weighted by Crippen LogP contribution is -2.20. The summed E-state index contributed by atoms with van der Waals surface area (Å²) in [5.74, 6) is -0.146. The Balaban J connectivity index is 0.00000256. The van der Waals surface area contributed by atoms with Gasteiger partial charge in [0.2, 0.25) is 0 Å². The minimum atomic E-state index is -4.38. The van der Waals surface area contributed by atoms with Gasteiger partial charge >= 0.3 is 6.18 Å². The molecule has 3 nitrogen and oxygen atoms in total. The summed E-state index contributed by atoms with van der Waals surface area (Å²) >= 11 is 0. The Kier molecular flexibility index (Phi) is 5.57. The third-order valence-corrected chi connectivity index (χ3v) is 2.09. The van der Waals surface area contributed by atoms with E-state index in [1.807, 2.05) is 0 Å². The summed E-state index contributed by atoms with van der Waals surface area (Å²) in [5.41, 5.74) is 5.37. The molecule has 0 aliphatic heterocycles. The maximum atomic E-state index is 12.2. The number of benzene rings is 1. The molecule has 0 unspecified atom stereocenters. The minimum Gasteiger partial charge on any atom is -0.507 e. The lowest BCUT2D eigenvalue weighted by atomic mass is 10.0. The van der Waals surface area contributed by atoms with E-state index in [1.54, 1.807) is 0 Å². The van der Waals surface area contributed by atoms with Crippen LogP contribution < -0.4 is 10.5 Å². The van der Waals surface area contributed by atoms with Crippen molar-refractivity contribution in [2.24, 2.45) is 5.73 Å². The summed E-state index contributed by atoms with van der Waals surface area (Å²) < 4.78 is 41.3. The van der Waals surface area contributed by atoms with Gasteiger partial charge in [-0.3, -0.25) is 0 Å². The molecule has 1 rings (SSSR count). The van der Waals surface area contributed by atoms with Crippen molar-refractivity contribution in [2.75, 3.05) is 7.11 Å². The number of rotatable bonds is 3. The van der Waals surface area contributed by atoms with Crippen molar-refractivity contribution in [1.29, 1.82) is 0 Å². The first kappa shape index (κ1) is 15.9. The van der Waals surface area contributed by atoms with Gasteiger partial charge in [-0.1, -0.05) is 6.07 Å². The summed E-state index contributed by atoms with van der Waals surface area (Å²) in [4.78, 5) is 0. The van der Waals surface area contributed by atoms with E-state index in [0.717, 1.165) is 0 Å². The molecule has 1 aromatic carbocycles. The number of aromatic hydroxyl groups is 1. The average molecular weight is 272 g/mol. The molecule has 0 heterocycles. The number of nitrogens with two attached hydrogens (primary N) is 1. The lowest BCUT2D eigenvalue weighted by Gasteiger charge is -2.18. The van der Waals surface area contributed by atoms with Gasteiger partial charge in [-0.25, -0.2) is 0 Å². The van der Waals surface area contributed by atoms with Crippen molar-refractivity contribution in [3.8, 4) is 11.5 Å². The number of halogens is 4. The van der Waals surface area contributed by atoms with Crippen molar-refractivity contribution in [1.82, 2.24) is 0 Å². The Morgan fingerprint density at radius 3 is 2.47 bits per heavy atom. The van der Waals surface area contributed by atoms with E-state index in [1.165, 1.54) is 25.3 Å². The molecule has 0 aromatic heterocycles. The van der Waals surface area contributed by atoms with E-state index in [0.29, 0.717) is 0 Å². The zero-order valence-corrected chi connectivity index (χ0v) is 9.81. The molecule has 1 aromatic rings. The fourth-order valence-corrected chi connectivity index (χ4v) is 1.43. The second-order valence-electron chi connectivity index (χ2n) is 3.32.